The summed E-state index contributed by atoms with van der Waals surface area (Å²) < 4.78 is 37.3. The Balaban J connectivity index is 1.63. The predicted molar refractivity (Wildman–Crippen MR) is 120 cm³/mol. The van der Waals surface area contributed by atoms with Crippen LogP contribution >= 0.6 is 11.6 Å². The number of hydrogen-bond acceptors (Lipinski definition) is 6. The first-order valence-electron chi connectivity index (χ1n) is 10.1. The lowest BCUT2D eigenvalue weighted by Crippen LogP contribution is -2.40. The minimum absolute atomic E-state index is 0.00405. The Hall–Kier alpha value is -2.46. The second kappa shape index (κ2) is 10.4. The standard InChI is InChI=1S/C22H25ClN2O6S/c1-15(2)16-3-6-18(7-4-16)24-21(26)14-31-22(27)17-5-8-19(23)20(13-17)32(28,29)25-9-11-30-12-10-25/h3-8,13,15H,9-12,14H2,1-2H3,(H,24,26). The molecule has 0 aliphatic carbocycles. The molecule has 172 valence electrons. The van der Waals surface area contributed by atoms with Gasteiger partial charge in [0.05, 0.1) is 23.8 Å². The van der Waals surface area contributed by atoms with Crippen LogP contribution in [-0.4, -0.2) is 57.5 Å². The maximum Gasteiger partial charge on any atom is 0.338 e. The van der Waals surface area contributed by atoms with Crippen LogP contribution in [0.25, 0.3) is 0 Å². The minimum atomic E-state index is -3.90. The number of rotatable bonds is 7. The quantitative estimate of drug-likeness (QED) is 0.610. The van der Waals surface area contributed by atoms with Crippen LogP contribution in [0.1, 0.15) is 35.7 Å². The molecule has 0 radical (unpaired) electrons. The normalized spacial score (nSPS) is 14.9. The number of anilines is 1. The van der Waals surface area contributed by atoms with Crippen LogP contribution in [0.4, 0.5) is 5.69 Å². The SMILES string of the molecule is CC(C)c1ccc(NC(=O)COC(=O)c2ccc(Cl)c(S(=O)(=O)N3CCOCC3)c2)cc1. The molecule has 2 aromatic rings. The first-order valence-corrected chi connectivity index (χ1v) is 11.9. The summed E-state index contributed by atoms with van der Waals surface area (Å²) in [6.07, 6.45) is 0. The van der Waals surface area contributed by atoms with Gasteiger partial charge < -0.3 is 14.8 Å². The number of hydrogen-bond donors (Lipinski definition) is 1. The van der Waals surface area contributed by atoms with Gasteiger partial charge >= 0.3 is 5.97 Å². The molecule has 1 heterocycles. The van der Waals surface area contributed by atoms with Gasteiger partial charge in [-0.1, -0.05) is 37.6 Å². The fourth-order valence-electron chi connectivity index (χ4n) is 3.12. The maximum atomic E-state index is 12.9. The summed E-state index contributed by atoms with van der Waals surface area (Å²) in [7, 11) is -3.90. The molecule has 0 saturated carbocycles. The summed E-state index contributed by atoms with van der Waals surface area (Å²) in [6.45, 7) is 4.60. The lowest BCUT2D eigenvalue weighted by Gasteiger charge is -2.26. The van der Waals surface area contributed by atoms with Crippen LogP contribution in [0, 0.1) is 0 Å². The Bertz CT molecular complexity index is 1080. The highest BCUT2D eigenvalue weighted by Gasteiger charge is 2.29. The number of nitrogens with zero attached hydrogens (tertiary/aromatic N) is 1. The zero-order valence-electron chi connectivity index (χ0n) is 17.8. The summed E-state index contributed by atoms with van der Waals surface area (Å²) in [5, 5.41) is 2.65. The molecular weight excluding hydrogens is 456 g/mol. The summed E-state index contributed by atoms with van der Waals surface area (Å²) in [6, 6.07) is 11.2. The maximum absolute atomic E-state index is 12.9. The van der Waals surface area contributed by atoms with Gasteiger partial charge in [-0.2, -0.15) is 4.31 Å². The Kier molecular flexibility index (Phi) is 7.89. The van der Waals surface area contributed by atoms with E-state index in [4.69, 9.17) is 21.1 Å². The first kappa shape index (κ1) is 24.2. The van der Waals surface area contributed by atoms with Gasteiger partial charge in [0, 0.05) is 18.8 Å². The zero-order chi connectivity index (χ0) is 23.3. The van der Waals surface area contributed by atoms with Crippen molar-refractivity contribution in [2.75, 3.05) is 38.2 Å². The molecule has 0 bridgehead atoms. The summed E-state index contributed by atoms with van der Waals surface area (Å²) in [5.74, 6) is -0.965. The molecule has 0 unspecified atom stereocenters. The lowest BCUT2D eigenvalue weighted by molar-refractivity contribution is -0.119. The molecule has 1 fully saturated rings. The predicted octanol–water partition coefficient (Wildman–Crippen LogP) is 3.28. The van der Waals surface area contributed by atoms with E-state index < -0.39 is 28.5 Å². The summed E-state index contributed by atoms with van der Waals surface area (Å²) in [4.78, 5) is 24.4. The molecule has 32 heavy (non-hydrogen) atoms. The van der Waals surface area contributed by atoms with E-state index in [0.717, 1.165) is 11.6 Å². The van der Waals surface area contributed by atoms with Gasteiger partial charge in [0.25, 0.3) is 5.91 Å². The second-order valence-electron chi connectivity index (χ2n) is 7.56. The Morgan fingerprint density at radius 3 is 2.41 bits per heavy atom. The molecule has 2 aromatic carbocycles. The number of esters is 1. The van der Waals surface area contributed by atoms with Crippen molar-refractivity contribution >= 4 is 39.2 Å². The fraction of sp³-hybridized carbons (Fsp3) is 0.364. The van der Waals surface area contributed by atoms with E-state index in [-0.39, 0.29) is 41.8 Å². The average molecular weight is 481 g/mol. The van der Waals surface area contributed by atoms with Crippen molar-refractivity contribution in [2.24, 2.45) is 0 Å². The number of amides is 1. The van der Waals surface area contributed by atoms with E-state index in [2.05, 4.69) is 19.2 Å². The molecule has 8 nitrogen and oxygen atoms in total. The van der Waals surface area contributed by atoms with E-state index >= 15 is 0 Å². The van der Waals surface area contributed by atoms with Gasteiger partial charge in [-0.15, -0.1) is 0 Å². The molecule has 1 aliphatic heterocycles. The Labute approximate surface area is 192 Å². The van der Waals surface area contributed by atoms with Crippen LogP contribution < -0.4 is 5.32 Å². The van der Waals surface area contributed by atoms with Crippen LogP contribution in [0.2, 0.25) is 5.02 Å². The number of morpholine rings is 1. The second-order valence-corrected chi connectivity index (χ2v) is 9.88. The number of halogens is 1. The third-order valence-electron chi connectivity index (χ3n) is 4.95. The van der Waals surface area contributed by atoms with Crippen LogP contribution in [0.15, 0.2) is 47.4 Å². The van der Waals surface area contributed by atoms with E-state index in [1.165, 1.54) is 16.4 Å². The van der Waals surface area contributed by atoms with Gasteiger partial charge in [-0.05, 0) is 41.8 Å². The van der Waals surface area contributed by atoms with Crippen LogP contribution in [0.5, 0.6) is 0 Å². The van der Waals surface area contributed by atoms with Crippen molar-refractivity contribution in [1.82, 2.24) is 4.31 Å². The highest BCUT2D eigenvalue weighted by atomic mass is 35.5. The van der Waals surface area contributed by atoms with Crippen molar-refractivity contribution in [3.05, 3.63) is 58.6 Å². The molecular formula is C22H25ClN2O6S. The largest absolute Gasteiger partial charge is 0.452 e. The van der Waals surface area contributed by atoms with E-state index in [1.54, 1.807) is 12.1 Å². The lowest BCUT2D eigenvalue weighted by atomic mass is 10.0. The Morgan fingerprint density at radius 1 is 1.12 bits per heavy atom. The van der Waals surface area contributed by atoms with E-state index in [1.807, 2.05) is 12.1 Å². The smallest absolute Gasteiger partial charge is 0.338 e. The molecule has 0 atom stereocenters. The number of benzene rings is 2. The number of sulfonamides is 1. The van der Waals surface area contributed by atoms with Gasteiger partial charge in [-0.3, -0.25) is 4.79 Å². The van der Waals surface area contributed by atoms with Crippen molar-refractivity contribution in [3.8, 4) is 0 Å². The number of nitrogens with one attached hydrogen (secondary N) is 1. The first-order chi connectivity index (χ1) is 15.2. The third-order valence-corrected chi connectivity index (χ3v) is 7.33. The number of carbonyl (C=O) groups is 2. The molecule has 3 rings (SSSR count). The molecule has 0 spiro atoms. The highest BCUT2D eigenvalue weighted by Crippen LogP contribution is 2.27. The van der Waals surface area contributed by atoms with Gasteiger partial charge in [-0.25, -0.2) is 13.2 Å². The topological polar surface area (TPSA) is 102 Å². The Morgan fingerprint density at radius 2 is 1.78 bits per heavy atom. The van der Waals surface area contributed by atoms with Gasteiger partial charge in [0.2, 0.25) is 10.0 Å². The average Bonchev–Trinajstić information content (AvgIpc) is 2.78. The molecule has 10 heteroatoms. The molecule has 0 aromatic heterocycles. The van der Waals surface area contributed by atoms with Crippen LogP contribution in [-0.2, 0) is 24.3 Å². The van der Waals surface area contributed by atoms with E-state index in [9.17, 15) is 18.0 Å². The van der Waals surface area contributed by atoms with Crippen molar-refractivity contribution in [1.29, 1.82) is 0 Å². The zero-order valence-corrected chi connectivity index (χ0v) is 19.4. The molecule has 1 saturated heterocycles. The fourth-order valence-corrected chi connectivity index (χ4v) is 5.03. The van der Waals surface area contributed by atoms with Crippen molar-refractivity contribution in [2.45, 2.75) is 24.7 Å². The highest BCUT2D eigenvalue weighted by molar-refractivity contribution is 7.89. The minimum Gasteiger partial charge on any atom is -0.452 e. The molecule has 1 amide bonds. The monoisotopic (exact) mass is 480 g/mol. The van der Waals surface area contributed by atoms with Gasteiger partial charge in [0.1, 0.15) is 4.90 Å². The number of ether oxygens (including phenoxy) is 2. The molecule has 1 N–H and O–H groups in total. The number of carbonyl (C=O) groups excluding carboxylic acids is 2. The third kappa shape index (κ3) is 5.86. The van der Waals surface area contributed by atoms with Crippen molar-refractivity contribution < 1.29 is 27.5 Å². The molecule has 1 aliphatic rings. The summed E-state index contributed by atoms with van der Waals surface area (Å²) in [5.41, 5.74) is 1.70. The van der Waals surface area contributed by atoms with E-state index in [0.29, 0.717) is 11.6 Å². The summed E-state index contributed by atoms with van der Waals surface area (Å²) >= 11 is 6.10. The van der Waals surface area contributed by atoms with Crippen LogP contribution in [0.3, 0.4) is 0 Å². The van der Waals surface area contributed by atoms with Gasteiger partial charge in [0.15, 0.2) is 6.61 Å². The van der Waals surface area contributed by atoms with Crippen molar-refractivity contribution in [3.63, 3.8) is 0 Å².